The first-order valence-corrected chi connectivity index (χ1v) is 12.6. The molecule has 1 fully saturated rings. The summed E-state index contributed by atoms with van der Waals surface area (Å²) >= 11 is 8.59. The number of thiophene rings is 1. The van der Waals surface area contributed by atoms with Gasteiger partial charge in [-0.05, 0) is 55.5 Å². The van der Waals surface area contributed by atoms with E-state index in [9.17, 15) is 14.4 Å². The SMILES string of the molecule is CCOC(=O)C1CCN(C(=O)CSc2nc3ccsc3c(=O)n2-c2ccc(Cl)cc2)CC1. The van der Waals surface area contributed by atoms with Crippen LogP contribution in [0, 0.1) is 5.92 Å². The average Bonchev–Trinajstić information content (AvgIpc) is 3.28. The third kappa shape index (κ3) is 4.84. The van der Waals surface area contributed by atoms with Crippen molar-refractivity contribution < 1.29 is 14.3 Å². The van der Waals surface area contributed by atoms with E-state index in [1.807, 2.05) is 5.38 Å². The fourth-order valence-electron chi connectivity index (χ4n) is 3.65. The molecular weight excluding hydrogens is 470 g/mol. The molecule has 1 aromatic carbocycles. The summed E-state index contributed by atoms with van der Waals surface area (Å²) in [4.78, 5) is 44.3. The second kappa shape index (κ2) is 10.1. The number of piperidine rings is 1. The number of carbonyl (C=O) groups is 2. The molecule has 10 heteroatoms. The first kappa shape index (κ1) is 22.8. The Kier molecular flexibility index (Phi) is 7.17. The summed E-state index contributed by atoms with van der Waals surface area (Å²) in [6.07, 6.45) is 1.20. The highest BCUT2D eigenvalue weighted by atomic mass is 35.5. The average molecular weight is 492 g/mol. The molecule has 168 valence electrons. The number of halogens is 1. The van der Waals surface area contributed by atoms with Gasteiger partial charge < -0.3 is 9.64 Å². The largest absolute Gasteiger partial charge is 0.466 e. The maximum Gasteiger partial charge on any atom is 0.309 e. The van der Waals surface area contributed by atoms with Crippen LogP contribution in [0.25, 0.3) is 15.9 Å². The summed E-state index contributed by atoms with van der Waals surface area (Å²) in [6, 6.07) is 8.76. The Balaban J connectivity index is 1.50. The van der Waals surface area contributed by atoms with Gasteiger partial charge in [0.1, 0.15) is 4.70 Å². The van der Waals surface area contributed by atoms with Gasteiger partial charge in [-0.2, -0.15) is 0 Å². The fourth-order valence-corrected chi connectivity index (χ4v) is 5.45. The molecule has 0 aliphatic carbocycles. The van der Waals surface area contributed by atoms with Gasteiger partial charge in [-0.1, -0.05) is 23.4 Å². The number of benzene rings is 1. The van der Waals surface area contributed by atoms with E-state index in [4.69, 9.17) is 16.3 Å². The summed E-state index contributed by atoms with van der Waals surface area (Å²) in [6.45, 7) is 3.19. The maximum absolute atomic E-state index is 13.1. The lowest BCUT2D eigenvalue weighted by atomic mass is 9.97. The summed E-state index contributed by atoms with van der Waals surface area (Å²) in [5.74, 6) is -0.224. The van der Waals surface area contributed by atoms with Crippen LogP contribution in [0.1, 0.15) is 19.8 Å². The summed E-state index contributed by atoms with van der Waals surface area (Å²) in [5.41, 5.74) is 1.10. The number of hydrogen-bond acceptors (Lipinski definition) is 7. The number of aromatic nitrogens is 2. The van der Waals surface area contributed by atoms with Crippen LogP contribution in [0.4, 0.5) is 0 Å². The Hall–Kier alpha value is -2.36. The fraction of sp³-hybridized carbons (Fsp3) is 0.364. The van der Waals surface area contributed by atoms with Gasteiger partial charge >= 0.3 is 5.97 Å². The van der Waals surface area contributed by atoms with Gasteiger partial charge in [-0.3, -0.25) is 19.0 Å². The standard InChI is InChI=1S/C22H22ClN3O4S2/c1-2-30-21(29)14-7-10-25(11-8-14)18(27)13-32-22-24-17-9-12-31-19(17)20(28)26(22)16-5-3-15(23)4-6-16/h3-6,9,12,14H,2,7-8,10-11,13H2,1H3. The van der Waals surface area contributed by atoms with E-state index >= 15 is 0 Å². The number of amides is 1. The number of likely N-dealkylation sites (tertiary alicyclic amines) is 1. The van der Waals surface area contributed by atoms with Crippen molar-refractivity contribution in [1.82, 2.24) is 14.5 Å². The van der Waals surface area contributed by atoms with E-state index in [0.717, 1.165) is 0 Å². The molecule has 0 atom stereocenters. The van der Waals surface area contributed by atoms with Crippen LogP contribution < -0.4 is 5.56 Å². The van der Waals surface area contributed by atoms with E-state index in [2.05, 4.69) is 4.98 Å². The summed E-state index contributed by atoms with van der Waals surface area (Å²) in [7, 11) is 0. The number of hydrogen-bond donors (Lipinski definition) is 0. The molecule has 1 aliphatic heterocycles. The van der Waals surface area contributed by atoms with Crippen molar-refractivity contribution in [2.75, 3.05) is 25.4 Å². The minimum absolute atomic E-state index is 0.0420. The lowest BCUT2D eigenvalue weighted by molar-refractivity contribution is -0.151. The van der Waals surface area contributed by atoms with Gasteiger partial charge in [0.05, 0.1) is 29.5 Å². The Bertz CT molecular complexity index is 1180. The number of esters is 1. The maximum atomic E-state index is 13.1. The molecule has 0 bridgehead atoms. The number of ether oxygens (including phenoxy) is 1. The molecule has 0 radical (unpaired) electrons. The van der Waals surface area contributed by atoms with Crippen molar-refractivity contribution in [2.45, 2.75) is 24.9 Å². The zero-order chi connectivity index (χ0) is 22.7. The molecule has 2 aromatic heterocycles. The predicted molar refractivity (Wildman–Crippen MR) is 127 cm³/mol. The monoisotopic (exact) mass is 491 g/mol. The second-order valence-electron chi connectivity index (χ2n) is 7.34. The third-order valence-electron chi connectivity index (χ3n) is 5.33. The molecule has 0 unspecified atom stereocenters. The Morgan fingerprint density at radius 2 is 1.94 bits per heavy atom. The van der Waals surface area contributed by atoms with Crippen LogP contribution in [-0.4, -0.2) is 51.8 Å². The van der Waals surface area contributed by atoms with Crippen LogP contribution in [-0.2, 0) is 14.3 Å². The summed E-state index contributed by atoms with van der Waals surface area (Å²) < 4.78 is 7.18. The number of fused-ring (bicyclic) bond motifs is 1. The van der Waals surface area contributed by atoms with Gasteiger partial charge in [0.25, 0.3) is 5.56 Å². The van der Waals surface area contributed by atoms with Crippen molar-refractivity contribution in [3.63, 3.8) is 0 Å². The molecule has 0 saturated carbocycles. The molecule has 1 amide bonds. The first-order chi connectivity index (χ1) is 15.5. The summed E-state index contributed by atoms with van der Waals surface area (Å²) in [5, 5.41) is 2.86. The zero-order valence-electron chi connectivity index (χ0n) is 17.5. The number of carbonyl (C=O) groups excluding carboxylic acids is 2. The Morgan fingerprint density at radius 1 is 1.22 bits per heavy atom. The quantitative estimate of drug-likeness (QED) is 0.294. The van der Waals surface area contributed by atoms with E-state index < -0.39 is 0 Å². The normalized spacial score (nSPS) is 14.6. The van der Waals surface area contributed by atoms with Crippen LogP contribution in [0.3, 0.4) is 0 Å². The second-order valence-corrected chi connectivity index (χ2v) is 9.64. The number of thioether (sulfide) groups is 1. The number of nitrogens with zero attached hydrogens (tertiary/aromatic N) is 3. The molecule has 3 aromatic rings. The van der Waals surface area contributed by atoms with E-state index in [0.29, 0.717) is 58.6 Å². The molecule has 3 heterocycles. The molecular formula is C22H22ClN3O4S2. The number of rotatable bonds is 6. The molecule has 1 aliphatic rings. The highest BCUT2D eigenvalue weighted by molar-refractivity contribution is 7.99. The van der Waals surface area contributed by atoms with Crippen molar-refractivity contribution in [2.24, 2.45) is 5.92 Å². The highest BCUT2D eigenvalue weighted by Gasteiger charge is 2.28. The topological polar surface area (TPSA) is 81.5 Å². The molecule has 7 nitrogen and oxygen atoms in total. The van der Waals surface area contributed by atoms with Gasteiger partial charge in [0.2, 0.25) is 5.91 Å². The van der Waals surface area contributed by atoms with E-state index in [1.165, 1.54) is 27.7 Å². The van der Waals surface area contributed by atoms with Gasteiger partial charge in [0, 0.05) is 18.1 Å². The molecule has 0 N–H and O–H groups in total. The Labute approximate surface area is 198 Å². The molecule has 1 saturated heterocycles. The van der Waals surface area contributed by atoms with E-state index in [-0.39, 0.29) is 29.1 Å². The predicted octanol–water partition coefficient (Wildman–Crippen LogP) is 3.99. The van der Waals surface area contributed by atoms with Crippen LogP contribution in [0.15, 0.2) is 45.7 Å². The van der Waals surface area contributed by atoms with Crippen molar-refractivity contribution in [3.8, 4) is 5.69 Å². The van der Waals surface area contributed by atoms with Crippen molar-refractivity contribution >= 4 is 56.8 Å². The lowest BCUT2D eigenvalue weighted by Crippen LogP contribution is -2.41. The van der Waals surface area contributed by atoms with Crippen molar-refractivity contribution in [3.05, 3.63) is 51.1 Å². The van der Waals surface area contributed by atoms with Gasteiger partial charge in [-0.25, -0.2) is 4.98 Å². The lowest BCUT2D eigenvalue weighted by Gasteiger charge is -2.30. The molecule has 32 heavy (non-hydrogen) atoms. The van der Waals surface area contributed by atoms with Crippen LogP contribution in [0.5, 0.6) is 0 Å². The molecule has 4 rings (SSSR count). The molecule has 0 spiro atoms. The Morgan fingerprint density at radius 3 is 2.62 bits per heavy atom. The van der Waals surface area contributed by atoms with Crippen molar-refractivity contribution in [1.29, 1.82) is 0 Å². The van der Waals surface area contributed by atoms with Crippen LogP contribution in [0.2, 0.25) is 5.02 Å². The van der Waals surface area contributed by atoms with E-state index in [1.54, 1.807) is 42.2 Å². The van der Waals surface area contributed by atoms with Gasteiger partial charge in [-0.15, -0.1) is 11.3 Å². The first-order valence-electron chi connectivity index (χ1n) is 10.3. The smallest absolute Gasteiger partial charge is 0.309 e. The highest BCUT2D eigenvalue weighted by Crippen LogP contribution is 2.26. The van der Waals surface area contributed by atoms with Crippen LogP contribution >= 0.6 is 34.7 Å². The zero-order valence-corrected chi connectivity index (χ0v) is 19.8. The minimum Gasteiger partial charge on any atom is -0.466 e. The third-order valence-corrected chi connectivity index (χ3v) is 7.39. The van der Waals surface area contributed by atoms with Gasteiger partial charge in [0.15, 0.2) is 5.16 Å². The minimum atomic E-state index is -0.186.